The number of rotatable bonds is 6. The van der Waals surface area contributed by atoms with Crippen molar-refractivity contribution >= 4 is 23.1 Å². The summed E-state index contributed by atoms with van der Waals surface area (Å²) in [6, 6.07) is 18.6. The molecule has 1 aliphatic rings. The van der Waals surface area contributed by atoms with Gasteiger partial charge in [0.05, 0.1) is 38.5 Å². The molecule has 0 aliphatic carbocycles. The number of aliphatic hydroxyl groups excluding tert-OH is 1. The number of amides is 1. The third kappa shape index (κ3) is 4.65. The predicted octanol–water partition coefficient (Wildman–Crippen LogP) is 5.64. The van der Waals surface area contributed by atoms with E-state index >= 15 is 0 Å². The first-order valence-electron chi connectivity index (χ1n) is 11.9. The average Bonchev–Trinajstić information content (AvgIpc) is 3.17. The van der Waals surface area contributed by atoms with Gasteiger partial charge in [0.15, 0.2) is 0 Å². The highest BCUT2D eigenvalue weighted by molar-refractivity contribution is 6.51. The second-order valence-corrected chi connectivity index (χ2v) is 9.77. The van der Waals surface area contributed by atoms with Gasteiger partial charge in [-0.1, -0.05) is 51.1 Å². The molecule has 0 saturated carbocycles. The Morgan fingerprint density at radius 3 is 2.08 bits per heavy atom. The number of ether oxygens (including phenoxy) is 3. The van der Waals surface area contributed by atoms with Crippen LogP contribution < -0.4 is 19.1 Å². The van der Waals surface area contributed by atoms with Gasteiger partial charge in [0.1, 0.15) is 23.0 Å². The van der Waals surface area contributed by atoms with E-state index < -0.39 is 17.7 Å². The summed E-state index contributed by atoms with van der Waals surface area (Å²) in [6.07, 6.45) is 0. The van der Waals surface area contributed by atoms with E-state index in [2.05, 4.69) is 20.8 Å². The normalized spacial score (nSPS) is 17.1. The second kappa shape index (κ2) is 10.0. The van der Waals surface area contributed by atoms with Gasteiger partial charge in [0.25, 0.3) is 11.7 Å². The number of anilines is 1. The lowest BCUT2D eigenvalue weighted by Gasteiger charge is -2.27. The van der Waals surface area contributed by atoms with E-state index in [0.29, 0.717) is 28.5 Å². The minimum absolute atomic E-state index is 0.0686. The van der Waals surface area contributed by atoms with E-state index in [1.54, 1.807) is 42.5 Å². The zero-order valence-corrected chi connectivity index (χ0v) is 21.9. The van der Waals surface area contributed by atoms with Gasteiger partial charge >= 0.3 is 0 Å². The summed E-state index contributed by atoms with van der Waals surface area (Å²) >= 11 is 0. The van der Waals surface area contributed by atoms with Crippen LogP contribution in [0.25, 0.3) is 5.76 Å². The molecule has 1 fully saturated rings. The van der Waals surface area contributed by atoms with Gasteiger partial charge in [0, 0.05) is 11.3 Å². The Labute approximate surface area is 216 Å². The summed E-state index contributed by atoms with van der Waals surface area (Å²) < 4.78 is 16.4. The number of benzene rings is 3. The maximum atomic E-state index is 13.5. The van der Waals surface area contributed by atoms with Crippen molar-refractivity contribution in [1.29, 1.82) is 0 Å². The molecule has 192 valence electrons. The summed E-state index contributed by atoms with van der Waals surface area (Å²) in [5.41, 5.74) is 2.26. The number of Topliss-reactive ketones (excluding diaryl/α,β-unsaturated/α-hetero) is 1. The molecule has 4 rings (SSSR count). The van der Waals surface area contributed by atoms with Crippen molar-refractivity contribution in [2.45, 2.75) is 32.2 Å². The Morgan fingerprint density at radius 2 is 1.49 bits per heavy atom. The summed E-state index contributed by atoms with van der Waals surface area (Å²) in [5.74, 6) is -0.643. The molecule has 0 aromatic heterocycles. The molecular formula is C30H31NO6. The molecule has 37 heavy (non-hydrogen) atoms. The molecule has 1 aliphatic heterocycles. The molecule has 1 atom stereocenters. The summed E-state index contributed by atoms with van der Waals surface area (Å²) in [7, 11) is 4.49. The number of methoxy groups -OCH3 is 3. The fourth-order valence-electron chi connectivity index (χ4n) is 4.55. The van der Waals surface area contributed by atoms with Crippen molar-refractivity contribution < 1.29 is 28.9 Å². The van der Waals surface area contributed by atoms with Crippen molar-refractivity contribution in [3.8, 4) is 17.2 Å². The van der Waals surface area contributed by atoms with Crippen molar-refractivity contribution in [2.75, 3.05) is 26.2 Å². The second-order valence-electron chi connectivity index (χ2n) is 9.77. The van der Waals surface area contributed by atoms with E-state index in [-0.39, 0.29) is 22.3 Å². The fourth-order valence-corrected chi connectivity index (χ4v) is 4.55. The first kappa shape index (κ1) is 25.8. The van der Waals surface area contributed by atoms with Crippen LogP contribution in [0.3, 0.4) is 0 Å². The Balaban J connectivity index is 1.98. The number of hydrogen-bond acceptors (Lipinski definition) is 6. The van der Waals surface area contributed by atoms with Crippen molar-refractivity contribution in [2.24, 2.45) is 0 Å². The van der Waals surface area contributed by atoms with Crippen molar-refractivity contribution in [3.05, 3.63) is 89.0 Å². The maximum absolute atomic E-state index is 13.5. The quantitative estimate of drug-likeness (QED) is 0.267. The topological polar surface area (TPSA) is 85.3 Å². The number of hydrogen-bond donors (Lipinski definition) is 1. The monoisotopic (exact) mass is 501 g/mol. The summed E-state index contributed by atoms with van der Waals surface area (Å²) in [5, 5.41) is 11.6. The van der Waals surface area contributed by atoms with E-state index in [9.17, 15) is 14.7 Å². The molecule has 0 radical (unpaired) electrons. The van der Waals surface area contributed by atoms with Crippen LogP contribution in [0.2, 0.25) is 0 Å². The van der Waals surface area contributed by atoms with Crippen LogP contribution >= 0.6 is 0 Å². The molecule has 7 nitrogen and oxygen atoms in total. The molecule has 7 heteroatoms. The van der Waals surface area contributed by atoms with Gasteiger partial charge < -0.3 is 19.3 Å². The number of para-hydroxylation sites is 1. The summed E-state index contributed by atoms with van der Waals surface area (Å²) in [4.78, 5) is 28.5. The SMILES string of the molecule is COc1ccc(OC)c(/C(O)=C2\C(=O)C(=O)N(c3ccc(C(C)(C)C)cc3)C2c2ccccc2OC)c1. The Morgan fingerprint density at radius 1 is 0.838 bits per heavy atom. The fraction of sp³-hybridized carbons (Fsp3) is 0.267. The number of ketones is 1. The highest BCUT2D eigenvalue weighted by Crippen LogP contribution is 2.46. The van der Waals surface area contributed by atoms with Crippen LogP contribution in [0.15, 0.2) is 72.3 Å². The molecular weight excluding hydrogens is 470 g/mol. The minimum atomic E-state index is -0.937. The Bertz CT molecular complexity index is 1370. The van der Waals surface area contributed by atoms with Crippen LogP contribution in [0, 0.1) is 0 Å². The van der Waals surface area contributed by atoms with E-state index in [4.69, 9.17) is 14.2 Å². The first-order valence-corrected chi connectivity index (χ1v) is 11.9. The average molecular weight is 502 g/mol. The largest absolute Gasteiger partial charge is 0.507 e. The van der Waals surface area contributed by atoms with Crippen LogP contribution in [0.4, 0.5) is 5.69 Å². The minimum Gasteiger partial charge on any atom is -0.507 e. The van der Waals surface area contributed by atoms with Crippen molar-refractivity contribution in [3.63, 3.8) is 0 Å². The van der Waals surface area contributed by atoms with Gasteiger partial charge in [-0.3, -0.25) is 14.5 Å². The van der Waals surface area contributed by atoms with Gasteiger partial charge in [-0.25, -0.2) is 0 Å². The van der Waals surface area contributed by atoms with E-state index in [0.717, 1.165) is 5.56 Å². The first-order chi connectivity index (χ1) is 17.6. The smallest absolute Gasteiger partial charge is 0.300 e. The third-order valence-corrected chi connectivity index (χ3v) is 6.55. The zero-order valence-electron chi connectivity index (χ0n) is 21.9. The highest BCUT2D eigenvalue weighted by Gasteiger charge is 2.48. The lowest BCUT2D eigenvalue weighted by atomic mass is 9.87. The molecule has 1 heterocycles. The van der Waals surface area contributed by atoms with E-state index in [1.165, 1.54) is 26.2 Å². The zero-order chi connectivity index (χ0) is 26.9. The van der Waals surface area contributed by atoms with Crippen LogP contribution in [-0.4, -0.2) is 38.1 Å². The van der Waals surface area contributed by atoms with Crippen LogP contribution in [-0.2, 0) is 15.0 Å². The predicted molar refractivity (Wildman–Crippen MR) is 142 cm³/mol. The number of nitrogens with zero attached hydrogens (tertiary/aromatic N) is 1. The van der Waals surface area contributed by atoms with Gasteiger partial charge in [-0.2, -0.15) is 0 Å². The Kier molecular flexibility index (Phi) is 6.99. The lowest BCUT2D eigenvalue weighted by Crippen LogP contribution is -2.29. The lowest BCUT2D eigenvalue weighted by molar-refractivity contribution is -0.132. The number of aliphatic hydroxyl groups is 1. The molecule has 1 saturated heterocycles. The standard InChI is InChI=1S/C30H31NO6/c1-30(2,3)18-11-13-19(14-12-18)31-26(21-9-7-8-10-23(21)36-5)25(28(33)29(31)34)27(32)22-17-20(35-4)15-16-24(22)37-6/h7-17,26,32H,1-6H3/b27-25+. The van der Waals surface area contributed by atoms with Gasteiger partial charge in [-0.05, 0) is 47.4 Å². The van der Waals surface area contributed by atoms with Crippen molar-refractivity contribution in [1.82, 2.24) is 0 Å². The molecule has 3 aromatic carbocycles. The molecule has 1 amide bonds. The van der Waals surface area contributed by atoms with Gasteiger partial charge in [-0.15, -0.1) is 0 Å². The summed E-state index contributed by atoms with van der Waals surface area (Å²) in [6.45, 7) is 6.31. The Hall–Kier alpha value is -4.26. The third-order valence-electron chi connectivity index (χ3n) is 6.55. The molecule has 1 unspecified atom stereocenters. The molecule has 0 spiro atoms. The number of carbonyl (C=O) groups excluding carboxylic acids is 2. The molecule has 3 aromatic rings. The number of carbonyl (C=O) groups is 2. The van der Waals surface area contributed by atoms with E-state index in [1.807, 2.05) is 24.3 Å². The van der Waals surface area contributed by atoms with Crippen LogP contribution in [0.1, 0.15) is 43.5 Å². The maximum Gasteiger partial charge on any atom is 0.300 e. The van der Waals surface area contributed by atoms with Gasteiger partial charge in [0.2, 0.25) is 0 Å². The molecule has 1 N–H and O–H groups in total. The van der Waals surface area contributed by atoms with Crippen LogP contribution in [0.5, 0.6) is 17.2 Å². The molecule has 0 bridgehead atoms. The highest BCUT2D eigenvalue weighted by atomic mass is 16.5.